The maximum absolute atomic E-state index is 5.12. The topological polar surface area (TPSA) is 9.23 Å². The molecule has 2 rings (SSSR count). The van der Waals surface area contributed by atoms with Crippen molar-refractivity contribution in [3.8, 4) is 16.9 Å². The van der Waals surface area contributed by atoms with E-state index in [1.165, 1.54) is 0 Å². The Morgan fingerprint density at radius 1 is 0.933 bits per heavy atom. The highest BCUT2D eigenvalue weighted by Gasteiger charge is 2.00. The van der Waals surface area contributed by atoms with Crippen LogP contribution < -0.4 is 4.74 Å². The monoisotopic (exact) mass is 216 g/mol. The number of hydrogen-bond donors (Lipinski definition) is 1. The van der Waals surface area contributed by atoms with Crippen molar-refractivity contribution in [3.05, 3.63) is 48.5 Å². The van der Waals surface area contributed by atoms with Crippen LogP contribution in [0.4, 0.5) is 0 Å². The summed E-state index contributed by atoms with van der Waals surface area (Å²) in [6.45, 7) is 0. The van der Waals surface area contributed by atoms with Crippen LogP contribution in [0.1, 0.15) is 0 Å². The van der Waals surface area contributed by atoms with Gasteiger partial charge in [-0.05, 0) is 29.3 Å². The van der Waals surface area contributed by atoms with E-state index in [9.17, 15) is 0 Å². The van der Waals surface area contributed by atoms with E-state index in [4.69, 9.17) is 4.74 Å². The van der Waals surface area contributed by atoms with Crippen LogP contribution >= 0.6 is 12.6 Å². The van der Waals surface area contributed by atoms with Crippen molar-refractivity contribution >= 4 is 12.6 Å². The molecule has 0 aliphatic carbocycles. The van der Waals surface area contributed by atoms with E-state index in [1.54, 1.807) is 7.11 Å². The first-order valence-corrected chi connectivity index (χ1v) is 5.18. The normalized spacial score (nSPS) is 10.0. The van der Waals surface area contributed by atoms with Crippen LogP contribution in [-0.4, -0.2) is 7.11 Å². The molecule has 0 bridgehead atoms. The number of benzene rings is 2. The third kappa shape index (κ3) is 2.16. The summed E-state index contributed by atoms with van der Waals surface area (Å²) in [7, 11) is 1.67. The highest BCUT2D eigenvalue weighted by Crippen LogP contribution is 2.27. The maximum Gasteiger partial charge on any atom is 0.118 e. The first-order chi connectivity index (χ1) is 7.31. The Morgan fingerprint density at radius 3 is 2.20 bits per heavy atom. The summed E-state index contributed by atoms with van der Waals surface area (Å²) < 4.78 is 5.12. The highest BCUT2D eigenvalue weighted by molar-refractivity contribution is 7.80. The molecule has 0 unspecified atom stereocenters. The first kappa shape index (κ1) is 10.1. The molecule has 76 valence electrons. The fraction of sp³-hybridized carbons (Fsp3) is 0.0769. The number of hydrogen-bond acceptors (Lipinski definition) is 2. The fourth-order valence-electron chi connectivity index (χ4n) is 1.49. The molecular formula is C13H12OS. The summed E-state index contributed by atoms with van der Waals surface area (Å²) in [5, 5.41) is 0. The van der Waals surface area contributed by atoms with Gasteiger partial charge in [-0.3, -0.25) is 0 Å². The molecule has 0 heterocycles. The van der Waals surface area contributed by atoms with Crippen molar-refractivity contribution in [2.45, 2.75) is 4.90 Å². The molecule has 15 heavy (non-hydrogen) atoms. The van der Waals surface area contributed by atoms with Gasteiger partial charge in [0.1, 0.15) is 5.75 Å². The van der Waals surface area contributed by atoms with E-state index in [-0.39, 0.29) is 0 Å². The van der Waals surface area contributed by atoms with Crippen LogP contribution in [0.25, 0.3) is 11.1 Å². The summed E-state index contributed by atoms with van der Waals surface area (Å²) >= 11 is 4.43. The molecule has 0 fully saturated rings. The standard InChI is InChI=1S/C13H12OS/c1-14-11-8-6-10(7-9-11)12-4-2-3-5-13(12)15/h2-9,15H,1H3. The molecule has 0 saturated carbocycles. The van der Waals surface area contributed by atoms with E-state index in [0.29, 0.717) is 0 Å². The fourth-order valence-corrected chi connectivity index (χ4v) is 1.78. The molecule has 0 amide bonds. The van der Waals surface area contributed by atoms with Gasteiger partial charge in [-0.25, -0.2) is 0 Å². The quantitative estimate of drug-likeness (QED) is 0.754. The molecule has 1 nitrogen and oxygen atoms in total. The van der Waals surface area contributed by atoms with Gasteiger partial charge in [0.15, 0.2) is 0 Å². The third-order valence-electron chi connectivity index (χ3n) is 2.31. The Bertz CT molecular complexity index is 448. The molecule has 0 aromatic heterocycles. The number of rotatable bonds is 2. The minimum Gasteiger partial charge on any atom is -0.497 e. The highest BCUT2D eigenvalue weighted by atomic mass is 32.1. The molecule has 2 aromatic rings. The number of ether oxygens (including phenoxy) is 1. The van der Waals surface area contributed by atoms with E-state index in [2.05, 4.69) is 18.7 Å². The van der Waals surface area contributed by atoms with E-state index >= 15 is 0 Å². The summed E-state index contributed by atoms with van der Waals surface area (Å²) in [6, 6.07) is 16.0. The van der Waals surface area contributed by atoms with Crippen molar-refractivity contribution in [1.29, 1.82) is 0 Å². The van der Waals surface area contributed by atoms with Gasteiger partial charge in [0.25, 0.3) is 0 Å². The van der Waals surface area contributed by atoms with Gasteiger partial charge in [0, 0.05) is 4.90 Å². The predicted molar refractivity (Wildman–Crippen MR) is 65.7 cm³/mol. The molecule has 0 aliphatic rings. The molecule has 0 atom stereocenters. The third-order valence-corrected chi connectivity index (χ3v) is 2.70. The van der Waals surface area contributed by atoms with Gasteiger partial charge in [-0.15, -0.1) is 12.6 Å². The predicted octanol–water partition coefficient (Wildman–Crippen LogP) is 3.65. The summed E-state index contributed by atoms with van der Waals surface area (Å²) in [4.78, 5) is 0.989. The molecular weight excluding hydrogens is 204 g/mol. The second-order valence-electron chi connectivity index (χ2n) is 3.25. The summed E-state index contributed by atoms with van der Waals surface area (Å²) in [6.07, 6.45) is 0. The molecule has 2 heteroatoms. The van der Waals surface area contributed by atoms with Crippen LogP contribution in [0.2, 0.25) is 0 Å². The zero-order chi connectivity index (χ0) is 10.7. The Labute approximate surface area is 95.1 Å². The van der Waals surface area contributed by atoms with Crippen molar-refractivity contribution in [1.82, 2.24) is 0 Å². The first-order valence-electron chi connectivity index (χ1n) is 4.73. The Kier molecular flexibility index (Phi) is 2.97. The van der Waals surface area contributed by atoms with E-state index < -0.39 is 0 Å². The molecule has 0 spiro atoms. The van der Waals surface area contributed by atoms with Crippen molar-refractivity contribution < 1.29 is 4.74 Å². The van der Waals surface area contributed by atoms with Crippen LogP contribution in [0, 0.1) is 0 Å². The lowest BCUT2D eigenvalue weighted by atomic mass is 10.1. The maximum atomic E-state index is 5.12. The lowest BCUT2D eigenvalue weighted by molar-refractivity contribution is 0.415. The van der Waals surface area contributed by atoms with Crippen LogP contribution in [0.15, 0.2) is 53.4 Å². The Balaban J connectivity index is 2.42. The molecule has 0 radical (unpaired) electrons. The van der Waals surface area contributed by atoms with Crippen LogP contribution in [0.3, 0.4) is 0 Å². The zero-order valence-electron chi connectivity index (χ0n) is 8.47. The molecule has 0 N–H and O–H groups in total. The largest absolute Gasteiger partial charge is 0.497 e. The van der Waals surface area contributed by atoms with Gasteiger partial charge >= 0.3 is 0 Å². The van der Waals surface area contributed by atoms with Gasteiger partial charge in [-0.2, -0.15) is 0 Å². The molecule has 0 aliphatic heterocycles. The van der Waals surface area contributed by atoms with Crippen LogP contribution in [-0.2, 0) is 0 Å². The van der Waals surface area contributed by atoms with E-state index in [0.717, 1.165) is 21.8 Å². The minimum absolute atomic E-state index is 0.871. The van der Waals surface area contributed by atoms with E-state index in [1.807, 2.05) is 42.5 Å². The van der Waals surface area contributed by atoms with Gasteiger partial charge in [0.05, 0.1) is 7.11 Å². The minimum atomic E-state index is 0.871. The zero-order valence-corrected chi connectivity index (χ0v) is 9.37. The average Bonchev–Trinajstić information content (AvgIpc) is 2.30. The van der Waals surface area contributed by atoms with Crippen molar-refractivity contribution in [2.24, 2.45) is 0 Å². The molecule has 0 saturated heterocycles. The lowest BCUT2D eigenvalue weighted by Crippen LogP contribution is -1.83. The number of thiol groups is 1. The van der Waals surface area contributed by atoms with Gasteiger partial charge < -0.3 is 4.74 Å². The Hall–Kier alpha value is -1.41. The SMILES string of the molecule is COc1ccc(-c2ccccc2S)cc1. The summed E-state index contributed by atoms with van der Waals surface area (Å²) in [5.41, 5.74) is 2.30. The lowest BCUT2D eigenvalue weighted by Gasteiger charge is -2.05. The van der Waals surface area contributed by atoms with Crippen LogP contribution in [0.5, 0.6) is 5.75 Å². The van der Waals surface area contributed by atoms with Gasteiger partial charge in [-0.1, -0.05) is 30.3 Å². The smallest absolute Gasteiger partial charge is 0.118 e. The molecule has 2 aromatic carbocycles. The van der Waals surface area contributed by atoms with Crippen molar-refractivity contribution in [3.63, 3.8) is 0 Å². The van der Waals surface area contributed by atoms with Crippen molar-refractivity contribution in [2.75, 3.05) is 7.11 Å². The Morgan fingerprint density at radius 2 is 1.60 bits per heavy atom. The average molecular weight is 216 g/mol. The number of methoxy groups -OCH3 is 1. The van der Waals surface area contributed by atoms with Gasteiger partial charge in [0.2, 0.25) is 0 Å². The second-order valence-corrected chi connectivity index (χ2v) is 3.73. The summed E-state index contributed by atoms with van der Waals surface area (Å²) in [5.74, 6) is 0.871. The second kappa shape index (κ2) is 4.41.